The van der Waals surface area contributed by atoms with Crippen molar-refractivity contribution < 1.29 is 36.6 Å². The molecule has 7 nitrogen and oxygen atoms in total. The lowest BCUT2D eigenvalue weighted by atomic mass is 10.1. The minimum absolute atomic E-state index is 0.0950. The van der Waals surface area contributed by atoms with E-state index in [1.165, 1.54) is 0 Å². The molecule has 0 radical (unpaired) electrons. The van der Waals surface area contributed by atoms with E-state index in [4.69, 9.17) is 5.11 Å². The number of carbonyl (C=O) groups is 2. The van der Waals surface area contributed by atoms with E-state index in [2.05, 4.69) is 21.2 Å². The van der Waals surface area contributed by atoms with E-state index in [1.54, 1.807) is 23.1 Å². The summed E-state index contributed by atoms with van der Waals surface area (Å²) in [4.78, 5) is 26.9. The first-order valence-electron chi connectivity index (χ1n) is 10.5. The van der Waals surface area contributed by atoms with Crippen molar-refractivity contribution in [1.29, 1.82) is 0 Å². The molecule has 2 amide bonds. The molecule has 1 saturated heterocycles. The normalized spacial score (nSPS) is 14.6. The summed E-state index contributed by atoms with van der Waals surface area (Å²) in [7, 11) is 0. The Hall–Kier alpha value is -2.93. The fraction of sp³-hybridized carbons (Fsp3) is 0.364. The molecule has 1 heterocycles. The molecule has 0 aromatic heterocycles. The van der Waals surface area contributed by atoms with Crippen LogP contribution in [-0.2, 0) is 6.54 Å². The molecule has 3 rings (SSSR count). The minimum atomic E-state index is -4.22. The van der Waals surface area contributed by atoms with E-state index in [9.17, 15) is 31.5 Å². The van der Waals surface area contributed by atoms with Gasteiger partial charge in [-0.25, -0.2) is 13.6 Å². The maximum atomic E-state index is 14.5. The summed E-state index contributed by atoms with van der Waals surface area (Å²) in [5, 5.41) is 13.1. The zero-order valence-corrected chi connectivity index (χ0v) is 19.8. The molecule has 0 bridgehead atoms. The zero-order valence-electron chi connectivity index (χ0n) is 18.3. The number of carbonyl (C=O) groups excluding carboxylic acids is 1. The summed E-state index contributed by atoms with van der Waals surface area (Å²) >= 11 is 3.35. The van der Waals surface area contributed by atoms with E-state index in [-0.39, 0.29) is 12.1 Å². The smallest absolute Gasteiger partial charge is 0.404 e. The molecule has 2 aromatic carbocycles. The van der Waals surface area contributed by atoms with Crippen molar-refractivity contribution in [3.8, 4) is 0 Å². The van der Waals surface area contributed by atoms with Crippen LogP contribution in [0.3, 0.4) is 0 Å². The van der Waals surface area contributed by atoms with Crippen molar-refractivity contribution in [2.24, 2.45) is 0 Å². The second-order valence-corrected chi connectivity index (χ2v) is 8.78. The largest absolute Gasteiger partial charge is 0.465 e. The summed E-state index contributed by atoms with van der Waals surface area (Å²) in [6.07, 6.45) is -6.52. The summed E-state index contributed by atoms with van der Waals surface area (Å²) < 4.78 is 67.1. The van der Waals surface area contributed by atoms with Crippen LogP contribution in [0.1, 0.15) is 22.3 Å². The van der Waals surface area contributed by atoms with Crippen LogP contribution >= 0.6 is 15.9 Å². The molecule has 0 spiro atoms. The first-order valence-corrected chi connectivity index (χ1v) is 11.3. The van der Waals surface area contributed by atoms with Crippen LogP contribution in [0, 0.1) is 11.6 Å². The Morgan fingerprint density at radius 1 is 1.03 bits per heavy atom. The third kappa shape index (κ3) is 7.28. The Morgan fingerprint density at radius 2 is 1.71 bits per heavy atom. The van der Waals surface area contributed by atoms with Gasteiger partial charge in [-0.1, -0.05) is 22.0 Å². The number of piperazine rings is 1. The fourth-order valence-corrected chi connectivity index (χ4v) is 3.98. The van der Waals surface area contributed by atoms with Gasteiger partial charge in [0.05, 0.1) is 23.4 Å². The van der Waals surface area contributed by atoms with Gasteiger partial charge < -0.3 is 20.6 Å². The highest BCUT2D eigenvalue weighted by molar-refractivity contribution is 9.10. The lowest BCUT2D eigenvalue weighted by Gasteiger charge is -2.37. The van der Waals surface area contributed by atoms with E-state index in [0.717, 1.165) is 12.1 Å². The van der Waals surface area contributed by atoms with Gasteiger partial charge in [-0.15, -0.1) is 0 Å². The fourth-order valence-electron chi connectivity index (χ4n) is 3.63. The molecule has 35 heavy (non-hydrogen) atoms. The molecule has 0 saturated carbocycles. The van der Waals surface area contributed by atoms with E-state index in [1.807, 2.05) is 10.2 Å². The first kappa shape index (κ1) is 26.7. The van der Waals surface area contributed by atoms with Crippen LogP contribution in [-0.4, -0.2) is 60.9 Å². The SMILES string of the molecule is O=C(O)NCc1ccc(C(=O)Nc2ccc(Br)cc2N2CCN(CCC(F)(F)F)CC2)c(F)c1F. The van der Waals surface area contributed by atoms with Crippen molar-refractivity contribution in [3.05, 3.63) is 57.6 Å². The van der Waals surface area contributed by atoms with E-state index >= 15 is 0 Å². The molecule has 0 unspecified atom stereocenters. The Balaban J connectivity index is 1.72. The maximum absolute atomic E-state index is 14.5. The maximum Gasteiger partial charge on any atom is 0.404 e. The predicted molar refractivity (Wildman–Crippen MR) is 123 cm³/mol. The van der Waals surface area contributed by atoms with Gasteiger partial charge in [-0.3, -0.25) is 9.69 Å². The van der Waals surface area contributed by atoms with Gasteiger partial charge in [-0.2, -0.15) is 13.2 Å². The number of anilines is 2. The number of nitrogens with zero attached hydrogens (tertiary/aromatic N) is 2. The molecule has 190 valence electrons. The van der Waals surface area contributed by atoms with Crippen molar-refractivity contribution in [2.45, 2.75) is 19.1 Å². The Kier molecular flexibility index (Phi) is 8.54. The highest BCUT2D eigenvalue weighted by atomic mass is 79.9. The monoisotopic (exact) mass is 564 g/mol. The van der Waals surface area contributed by atoms with Gasteiger partial charge in [0.15, 0.2) is 11.6 Å². The Labute approximate surface area is 206 Å². The van der Waals surface area contributed by atoms with Gasteiger partial charge in [0.2, 0.25) is 0 Å². The quantitative estimate of drug-likeness (QED) is 0.420. The van der Waals surface area contributed by atoms with Gasteiger partial charge in [0.25, 0.3) is 5.91 Å². The highest BCUT2D eigenvalue weighted by Gasteiger charge is 2.29. The van der Waals surface area contributed by atoms with Gasteiger partial charge in [-0.05, 0) is 24.3 Å². The first-order chi connectivity index (χ1) is 16.4. The Bertz CT molecular complexity index is 1090. The van der Waals surface area contributed by atoms with Gasteiger partial charge in [0.1, 0.15) is 0 Å². The summed E-state index contributed by atoms with van der Waals surface area (Å²) in [5.41, 5.74) is 0.0753. The van der Waals surface area contributed by atoms with Gasteiger partial charge >= 0.3 is 12.3 Å². The van der Waals surface area contributed by atoms with Crippen molar-refractivity contribution in [3.63, 3.8) is 0 Å². The topological polar surface area (TPSA) is 84.9 Å². The van der Waals surface area contributed by atoms with Crippen LogP contribution in [0.5, 0.6) is 0 Å². The molecule has 0 atom stereocenters. The number of halogens is 6. The molecule has 1 aliphatic rings. The number of hydrogen-bond acceptors (Lipinski definition) is 4. The molecule has 2 aromatic rings. The van der Waals surface area contributed by atoms with Gasteiger partial charge in [0, 0.05) is 49.3 Å². The summed E-state index contributed by atoms with van der Waals surface area (Å²) in [6, 6.07) is 7.12. The average molecular weight is 565 g/mol. The number of alkyl halides is 3. The number of hydrogen-bond donors (Lipinski definition) is 3. The number of amides is 2. The van der Waals surface area contributed by atoms with Crippen LogP contribution in [0.15, 0.2) is 34.8 Å². The van der Waals surface area contributed by atoms with Crippen LogP contribution in [0.4, 0.5) is 38.1 Å². The molecule has 3 N–H and O–H groups in total. The molecule has 1 fully saturated rings. The lowest BCUT2D eigenvalue weighted by Crippen LogP contribution is -2.47. The standard InChI is InChI=1S/C22H22BrF5N4O3/c23-14-2-4-16(17(11-14)32-9-7-31(8-10-32)6-5-22(26,27)28)30-20(33)15-3-1-13(12-29-21(34)35)18(24)19(15)25/h1-4,11,29H,5-10,12H2,(H,30,33)(H,34,35). The molecular weight excluding hydrogens is 543 g/mol. The van der Waals surface area contributed by atoms with Crippen molar-refractivity contribution in [1.82, 2.24) is 10.2 Å². The third-order valence-electron chi connectivity index (χ3n) is 5.47. The van der Waals surface area contributed by atoms with E-state index < -0.39 is 48.3 Å². The lowest BCUT2D eigenvalue weighted by molar-refractivity contribution is -0.138. The summed E-state index contributed by atoms with van der Waals surface area (Å²) in [6.45, 7) is 1.04. The van der Waals surface area contributed by atoms with Crippen LogP contribution in [0.25, 0.3) is 0 Å². The minimum Gasteiger partial charge on any atom is -0.465 e. The zero-order chi connectivity index (χ0) is 25.8. The molecule has 1 aliphatic heterocycles. The molecule has 0 aliphatic carbocycles. The number of rotatable bonds is 7. The highest BCUT2D eigenvalue weighted by Crippen LogP contribution is 2.31. The number of benzene rings is 2. The predicted octanol–water partition coefficient (Wildman–Crippen LogP) is 4.82. The van der Waals surface area contributed by atoms with E-state index in [0.29, 0.717) is 42.0 Å². The van der Waals surface area contributed by atoms with Crippen molar-refractivity contribution >= 4 is 39.3 Å². The molecule has 13 heteroatoms. The Morgan fingerprint density at radius 3 is 2.34 bits per heavy atom. The second kappa shape index (κ2) is 11.2. The third-order valence-corrected chi connectivity index (χ3v) is 5.96. The number of carboxylic acid groups (broad SMARTS) is 1. The average Bonchev–Trinajstić information content (AvgIpc) is 2.79. The molecular formula is C22H22BrF5N4O3. The summed E-state index contributed by atoms with van der Waals surface area (Å²) in [5.74, 6) is -3.66. The van der Waals surface area contributed by atoms with Crippen LogP contribution < -0.4 is 15.5 Å². The van der Waals surface area contributed by atoms with Crippen molar-refractivity contribution in [2.75, 3.05) is 42.9 Å². The number of nitrogens with one attached hydrogen (secondary N) is 2. The van der Waals surface area contributed by atoms with Crippen LogP contribution in [0.2, 0.25) is 0 Å². The second-order valence-electron chi connectivity index (χ2n) is 7.87.